The molecule has 1 aliphatic carbocycles. The molecule has 0 amide bonds. The molecule has 0 aliphatic heterocycles. The van der Waals surface area contributed by atoms with E-state index in [0.29, 0.717) is 61.8 Å². The number of benzene rings is 3. The normalized spacial score (nSPS) is 13.6. The van der Waals surface area contributed by atoms with Gasteiger partial charge in [-0.05, 0) is 72.3 Å². The average molecular weight is 836 g/mol. The molecule has 3 aromatic carbocycles. The van der Waals surface area contributed by atoms with Crippen LogP contribution in [-0.2, 0) is 34.2 Å². The summed E-state index contributed by atoms with van der Waals surface area (Å²) in [7, 11) is -3.48. The van der Waals surface area contributed by atoms with Crippen LogP contribution in [0, 0.1) is 0 Å². The van der Waals surface area contributed by atoms with Crippen molar-refractivity contribution in [1.82, 2.24) is 20.6 Å². The van der Waals surface area contributed by atoms with Crippen LogP contribution in [0.1, 0.15) is 47.6 Å². The predicted octanol–water partition coefficient (Wildman–Crippen LogP) is 7.08. The number of halogens is 2. The highest BCUT2D eigenvalue weighted by Gasteiger charge is 2.29. The first-order valence-electron chi connectivity index (χ1n) is 18.5. The van der Waals surface area contributed by atoms with Crippen molar-refractivity contribution in [2.45, 2.75) is 49.8 Å². The summed E-state index contributed by atoms with van der Waals surface area (Å²) in [4.78, 5) is 19.8. The number of ether oxygens (including phenoxy) is 3. The van der Waals surface area contributed by atoms with Crippen molar-refractivity contribution in [2.75, 3.05) is 39.1 Å². The highest BCUT2D eigenvalue weighted by atomic mass is 35.5. The number of nitrogens with zero attached hydrogens (tertiary/aromatic N) is 2. The van der Waals surface area contributed by atoms with Crippen LogP contribution in [0.3, 0.4) is 0 Å². The van der Waals surface area contributed by atoms with E-state index in [-0.39, 0.29) is 47.4 Å². The van der Waals surface area contributed by atoms with Gasteiger partial charge < -0.3 is 35.1 Å². The number of aromatic nitrogens is 2. The van der Waals surface area contributed by atoms with Gasteiger partial charge in [0.15, 0.2) is 9.84 Å². The van der Waals surface area contributed by atoms with E-state index in [2.05, 4.69) is 21.7 Å². The Kier molecular flexibility index (Phi) is 14.4. The Morgan fingerprint density at radius 2 is 1.68 bits per heavy atom. The molecule has 0 radical (unpaired) electrons. The second-order valence-corrected chi connectivity index (χ2v) is 16.3. The fraction of sp³-hybridized carbons (Fsp3) is 0.310. The first-order chi connectivity index (χ1) is 27.5. The summed E-state index contributed by atoms with van der Waals surface area (Å²) in [5.41, 5.74) is 7.03. The number of nitrogens with one attached hydrogen (secondary N) is 2. The number of sulfone groups is 1. The van der Waals surface area contributed by atoms with Crippen molar-refractivity contribution in [1.29, 1.82) is 0 Å². The molecular weight excluding hydrogens is 791 g/mol. The zero-order chi connectivity index (χ0) is 40.4. The van der Waals surface area contributed by atoms with E-state index in [1.807, 2.05) is 54.6 Å². The molecule has 12 nitrogen and oxygen atoms in total. The van der Waals surface area contributed by atoms with Crippen molar-refractivity contribution in [3.8, 4) is 39.8 Å². The number of hydrogen-bond acceptors (Lipinski definition) is 11. The van der Waals surface area contributed by atoms with Gasteiger partial charge in [-0.25, -0.2) is 8.42 Å². The summed E-state index contributed by atoms with van der Waals surface area (Å²) < 4.78 is 42.7. The predicted molar refractivity (Wildman–Crippen MR) is 219 cm³/mol. The number of carbonyl (C=O) groups is 1. The molecule has 0 saturated carbocycles. The number of aliphatic hydroxyl groups is 1. The van der Waals surface area contributed by atoms with E-state index >= 15 is 0 Å². The van der Waals surface area contributed by atoms with Crippen LogP contribution in [0.4, 0.5) is 0 Å². The Labute approximate surface area is 342 Å². The van der Waals surface area contributed by atoms with Gasteiger partial charge in [-0.15, -0.1) is 0 Å². The number of rotatable bonds is 20. The summed E-state index contributed by atoms with van der Waals surface area (Å²) in [5.74, 6) is 0.284. The number of pyridine rings is 2. The Balaban J connectivity index is 1.21. The van der Waals surface area contributed by atoms with Gasteiger partial charge in [0.25, 0.3) is 0 Å². The zero-order valence-corrected chi connectivity index (χ0v) is 33.7. The van der Waals surface area contributed by atoms with E-state index in [9.17, 15) is 13.2 Å². The fourth-order valence-corrected chi connectivity index (χ4v) is 7.75. The second-order valence-electron chi connectivity index (χ2n) is 13.5. The second kappa shape index (κ2) is 19.6. The Bertz CT molecular complexity index is 2290. The molecule has 57 heavy (non-hydrogen) atoms. The lowest BCUT2D eigenvalue weighted by atomic mass is 9.94. The maximum absolute atomic E-state index is 12.1. The van der Waals surface area contributed by atoms with E-state index in [0.717, 1.165) is 51.8 Å². The van der Waals surface area contributed by atoms with Crippen LogP contribution in [-0.4, -0.2) is 73.7 Å². The third kappa shape index (κ3) is 11.0. The van der Waals surface area contributed by atoms with Crippen LogP contribution in [0.25, 0.3) is 22.3 Å². The number of fused-ring (bicyclic) bond motifs is 1. The summed E-state index contributed by atoms with van der Waals surface area (Å²) in [5, 5.41) is 25.1. The van der Waals surface area contributed by atoms with Crippen molar-refractivity contribution >= 4 is 39.0 Å². The lowest BCUT2D eigenvalue weighted by Gasteiger charge is -2.19. The minimum absolute atomic E-state index is 0.0202. The molecule has 0 saturated heterocycles. The first-order valence-corrected chi connectivity index (χ1v) is 21.2. The van der Waals surface area contributed by atoms with E-state index in [4.69, 9.17) is 52.6 Å². The van der Waals surface area contributed by atoms with Gasteiger partial charge in [-0.2, -0.15) is 4.98 Å². The lowest BCUT2D eigenvalue weighted by molar-refractivity contribution is -0.137. The van der Waals surface area contributed by atoms with Gasteiger partial charge in [-0.3, -0.25) is 9.78 Å². The smallest absolute Gasteiger partial charge is 0.303 e. The largest absolute Gasteiger partial charge is 0.492 e. The van der Waals surface area contributed by atoms with Crippen molar-refractivity contribution < 1.29 is 37.6 Å². The standard InChI is InChI=1S/C42H44Cl2N4O8S/c1-57(52,53)31-21-27(23-47-25-31)26-55-41-29(24-46-16-4-9-39(50)51)22-37(43)42(48-41)56-38-15-14-34-33(6-3-7-35(34)38)36-8-2-5-32(40(36)44)28-10-12-30(13-11-28)54-20-18-45-17-19-49/h2-3,5-8,10-13,21-23,25,38,45-46,49H,4,9,14-20,24,26H2,1H3,(H,50,51)/t38-/m0/s1. The summed E-state index contributed by atoms with van der Waals surface area (Å²) in [6, 6.07) is 23.1. The number of carboxylic acids is 1. The molecule has 4 N–H and O–H groups in total. The van der Waals surface area contributed by atoms with E-state index < -0.39 is 15.8 Å². The Hall–Kier alpha value is -4.76. The highest BCUT2D eigenvalue weighted by molar-refractivity contribution is 7.90. The van der Waals surface area contributed by atoms with E-state index in [1.54, 1.807) is 6.07 Å². The van der Waals surface area contributed by atoms with Crippen LogP contribution in [0.15, 0.2) is 90.1 Å². The highest BCUT2D eigenvalue weighted by Crippen LogP contribution is 2.45. The molecule has 15 heteroatoms. The molecule has 0 unspecified atom stereocenters. The van der Waals surface area contributed by atoms with Gasteiger partial charge in [-0.1, -0.05) is 71.7 Å². The zero-order valence-electron chi connectivity index (χ0n) is 31.3. The third-order valence-corrected chi connectivity index (χ3v) is 11.1. The lowest BCUT2D eigenvalue weighted by Crippen LogP contribution is -2.23. The van der Waals surface area contributed by atoms with Crippen LogP contribution in [0.2, 0.25) is 10.0 Å². The number of hydrogen-bond donors (Lipinski definition) is 4. The fourth-order valence-electron chi connectivity index (χ4n) is 6.58. The molecule has 1 atom stereocenters. The van der Waals surface area contributed by atoms with Crippen molar-refractivity contribution in [2.24, 2.45) is 0 Å². The molecule has 6 rings (SSSR count). The third-order valence-electron chi connectivity index (χ3n) is 9.38. The molecule has 2 heterocycles. The van der Waals surface area contributed by atoms with Crippen LogP contribution < -0.4 is 24.8 Å². The first kappa shape index (κ1) is 41.9. The topological polar surface area (TPSA) is 169 Å². The average Bonchev–Trinajstić information content (AvgIpc) is 3.61. The van der Waals surface area contributed by atoms with Crippen LogP contribution in [0.5, 0.6) is 17.5 Å². The van der Waals surface area contributed by atoms with Crippen LogP contribution >= 0.6 is 23.2 Å². The Morgan fingerprint density at radius 3 is 2.46 bits per heavy atom. The quantitative estimate of drug-likeness (QED) is 0.0589. The number of carboxylic acid groups (broad SMARTS) is 1. The summed E-state index contributed by atoms with van der Waals surface area (Å²) >= 11 is 13.9. The monoisotopic (exact) mass is 834 g/mol. The molecule has 0 bridgehead atoms. The van der Waals surface area contributed by atoms with Gasteiger partial charge in [0.05, 0.1) is 16.5 Å². The molecule has 0 spiro atoms. The van der Waals surface area contributed by atoms with Gasteiger partial charge in [0.2, 0.25) is 11.8 Å². The van der Waals surface area contributed by atoms with E-state index in [1.165, 1.54) is 18.5 Å². The molecule has 0 fully saturated rings. The maximum Gasteiger partial charge on any atom is 0.303 e. The molecule has 1 aliphatic rings. The van der Waals surface area contributed by atoms with Crippen molar-refractivity contribution in [3.05, 3.63) is 117 Å². The Morgan fingerprint density at radius 1 is 0.912 bits per heavy atom. The van der Waals surface area contributed by atoms with Gasteiger partial charge in [0.1, 0.15) is 30.1 Å². The summed E-state index contributed by atoms with van der Waals surface area (Å²) in [6.07, 6.45) is 5.44. The van der Waals surface area contributed by atoms with Gasteiger partial charge in [0, 0.05) is 67.0 Å². The summed E-state index contributed by atoms with van der Waals surface area (Å²) in [6.45, 7) is 2.45. The SMILES string of the molecule is CS(=O)(=O)c1cncc(COc2nc(O[C@H]3CCc4c(-c5cccc(-c6ccc(OCCNCCO)cc6)c5Cl)cccc43)c(Cl)cc2CNCCCC(=O)O)c1. The maximum atomic E-state index is 12.1. The molecule has 2 aromatic heterocycles. The van der Waals surface area contributed by atoms with Crippen molar-refractivity contribution in [3.63, 3.8) is 0 Å². The number of aliphatic hydroxyl groups excluding tert-OH is 1. The minimum atomic E-state index is -3.48. The van der Waals surface area contributed by atoms with Gasteiger partial charge >= 0.3 is 5.97 Å². The molecule has 5 aromatic rings. The number of aliphatic carboxylic acids is 1. The minimum Gasteiger partial charge on any atom is -0.492 e. The molecule has 300 valence electrons. The molecular formula is C42H44Cl2N4O8S.